The van der Waals surface area contributed by atoms with Gasteiger partial charge in [0.2, 0.25) is 5.91 Å². The lowest BCUT2D eigenvalue weighted by molar-refractivity contribution is -0.128. The average molecular weight is 605 g/mol. The minimum absolute atomic E-state index is 0.0327. The number of nitrogens with zero attached hydrogens (tertiary/aromatic N) is 8. The Morgan fingerprint density at radius 2 is 1.98 bits per heavy atom. The zero-order valence-corrected chi connectivity index (χ0v) is 26.7. The molecule has 1 unspecified atom stereocenters. The number of hydrogen-bond acceptors (Lipinski definition) is 9. The third-order valence-electron chi connectivity index (χ3n) is 9.10. The highest BCUT2D eigenvalue weighted by Crippen LogP contribution is 2.34. The third kappa shape index (κ3) is 7.13. The Bertz CT molecular complexity index is 1410. The summed E-state index contributed by atoms with van der Waals surface area (Å²) in [6.07, 6.45) is 4.05. The van der Waals surface area contributed by atoms with Gasteiger partial charge in [-0.2, -0.15) is 15.2 Å². The van der Waals surface area contributed by atoms with E-state index in [0.717, 1.165) is 30.0 Å². The number of aryl methyl sites for hydroxylation is 1. The second kappa shape index (κ2) is 13.9. The van der Waals surface area contributed by atoms with Crippen molar-refractivity contribution < 1.29 is 13.9 Å². The Morgan fingerprint density at radius 3 is 2.70 bits per heavy atom. The number of ether oxygens (including phenoxy) is 1. The topological polar surface area (TPSA) is 92.1 Å². The van der Waals surface area contributed by atoms with Gasteiger partial charge in [0.25, 0.3) is 0 Å². The molecule has 2 fully saturated rings. The van der Waals surface area contributed by atoms with Crippen molar-refractivity contribution in [1.29, 1.82) is 5.26 Å². The number of carbonyl (C=O) groups excluding carboxylic acids is 1. The lowest BCUT2D eigenvalue weighted by Crippen LogP contribution is -2.55. The SMILES string of the molecule is Cc1cccc(N2CCc3c(nc(OC[C@@H]4C[C@@H](F)CN4C)nc3N3CCN(C(=O)/C=C/CN(C)C)C(CC#N)C3)C2)c1C. The Morgan fingerprint density at radius 1 is 1.16 bits per heavy atom. The number of likely N-dealkylation sites (N-methyl/N-ethyl adjacent to an activating group) is 2. The van der Waals surface area contributed by atoms with Crippen LogP contribution in [0.2, 0.25) is 0 Å². The van der Waals surface area contributed by atoms with Gasteiger partial charge in [0.05, 0.1) is 30.8 Å². The molecule has 3 aliphatic heterocycles. The second-order valence-electron chi connectivity index (χ2n) is 12.5. The lowest BCUT2D eigenvalue weighted by atomic mass is 10.0. The molecule has 4 heterocycles. The summed E-state index contributed by atoms with van der Waals surface area (Å²) in [5.74, 6) is 0.739. The molecule has 11 heteroatoms. The van der Waals surface area contributed by atoms with E-state index in [0.29, 0.717) is 58.3 Å². The molecular weight excluding hydrogens is 559 g/mol. The summed E-state index contributed by atoms with van der Waals surface area (Å²) in [7, 11) is 5.83. The fourth-order valence-corrected chi connectivity index (χ4v) is 6.45. The van der Waals surface area contributed by atoms with Crippen molar-refractivity contribution in [3.05, 3.63) is 52.7 Å². The number of hydrogen-bond donors (Lipinski definition) is 0. The summed E-state index contributed by atoms with van der Waals surface area (Å²) >= 11 is 0. The molecule has 3 atom stereocenters. The minimum atomic E-state index is -0.853. The van der Waals surface area contributed by atoms with E-state index in [-0.39, 0.29) is 24.4 Å². The van der Waals surface area contributed by atoms with Crippen LogP contribution in [0.3, 0.4) is 0 Å². The van der Waals surface area contributed by atoms with E-state index in [2.05, 4.69) is 47.9 Å². The van der Waals surface area contributed by atoms with Crippen LogP contribution in [0, 0.1) is 25.2 Å². The summed E-state index contributed by atoms with van der Waals surface area (Å²) in [5, 5.41) is 9.64. The number of halogens is 1. The first kappa shape index (κ1) is 31.7. The summed E-state index contributed by atoms with van der Waals surface area (Å²) in [4.78, 5) is 33.3. The maximum absolute atomic E-state index is 14.0. The fraction of sp³-hybridized carbons (Fsp3) is 0.576. The smallest absolute Gasteiger partial charge is 0.318 e. The van der Waals surface area contributed by atoms with E-state index in [4.69, 9.17) is 14.7 Å². The fourth-order valence-electron chi connectivity index (χ4n) is 6.45. The van der Waals surface area contributed by atoms with E-state index in [9.17, 15) is 14.4 Å². The van der Waals surface area contributed by atoms with E-state index >= 15 is 0 Å². The monoisotopic (exact) mass is 604 g/mol. The molecule has 1 aromatic carbocycles. The summed E-state index contributed by atoms with van der Waals surface area (Å²) < 4.78 is 20.2. The largest absolute Gasteiger partial charge is 0.462 e. The van der Waals surface area contributed by atoms with Crippen LogP contribution in [0.15, 0.2) is 30.4 Å². The van der Waals surface area contributed by atoms with Crippen LogP contribution in [0.5, 0.6) is 6.01 Å². The van der Waals surface area contributed by atoms with Gasteiger partial charge in [-0.25, -0.2) is 4.39 Å². The molecule has 2 aromatic rings. The highest BCUT2D eigenvalue weighted by atomic mass is 19.1. The normalized spacial score (nSPS) is 22.5. The van der Waals surface area contributed by atoms with Gasteiger partial charge in [-0.05, 0) is 65.0 Å². The number of piperazine rings is 1. The van der Waals surface area contributed by atoms with Gasteiger partial charge < -0.3 is 24.3 Å². The molecule has 1 aromatic heterocycles. The molecule has 0 N–H and O–H groups in total. The van der Waals surface area contributed by atoms with Crippen LogP contribution < -0.4 is 14.5 Å². The Kier molecular flexibility index (Phi) is 10.0. The number of likely N-dealkylation sites (tertiary alicyclic amines) is 1. The van der Waals surface area contributed by atoms with E-state index in [1.54, 1.807) is 6.08 Å². The number of carbonyl (C=O) groups is 1. The standard InChI is InChI=1S/C33H45FN8O2/c1-23-8-6-9-30(24(23)2)40-15-12-28-29(21-40)36-33(44-22-27-18-25(34)19-39(27)5)37-32(28)41-16-17-42(26(20-41)11-13-35)31(43)10-7-14-38(3)4/h6-10,25-27H,11-12,14-22H2,1-5H3/b10-7+/t25-,26?,27+/m1/s1. The Labute approximate surface area is 260 Å². The van der Waals surface area contributed by atoms with Crippen molar-refractivity contribution in [2.45, 2.75) is 57.9 Å². The maximum Gasteiger partial charge on any atom is 0.318 e. The van der Waals surface area contributed by atoms with Crippen LogP contribution in [-0.4, -0.2) is 116 Å². The zero-order valence-electron chi connectivity index (χ0n) is 26.7. The van der Waals surface area contributed by atoms with Crippen molar-refractivity contribution in [2.24, 2.45) is 0 Å². The minimum Gasteiger partial charge on any atom is -0.462 e. The molecule has 236 valence electrons. The predicted molar refractivity (Wildman–Crippen MR) is 170 cm³/mol. The van der Waals surface area contributed by atoms with E-state index < -0.39 is 6.17 Å². The summed E-state index contributed by atoms with van der Waals surface area (Å²) in [6, 6.07) is 8.66. The van der Waals surface area contributed by atoms with Crippen molar-refractivity contribution in [1.82, 2.24) is 24.7 Å². The van der Waals surface area contributed by atoms with Crippen LogP contribution in [0.1, 0.15) is 35.2 Å². The van der Waals surface area contributed by atoms with E-state index in [1.807, 2.05) is 41.9 Å². The highest BCUT2D eigenvalue weighted by molar-refractivity contribution is 5.88. The first-order valence-corrected chi connectivity index (χ1v) is 15.6. The first-order chi connectivity index (χ1) is 21.1. The Hall–Kier alpha value is -3.75. The predicted octanol–water partition coefficient (Wildman–Crippen LogP) is 3.13. The van der Waals surface area contributed by atoms with Crippen LogP contribution in [0.4, 0.5) is 15.9 Å². The quantitative estimate of drug-likeness (QED) is 0.401. The number of aromatic nitrogens is 2. The van der Waals surface area contributed by atoms with Gasteiger partial charge in [-0.3, -0.25) is 9.69 Å². The number of amides is 1. The van der Waals surface area contributed by atoms with Crippen LogP contribution in [0.25, 0.3) is 0 Å². The van der Waals surface area contributed by atoms with Crippen LogP contribution >= 0.6 is 0 Å². The van der Waals surface area contributed by atoms with E-state index in [1.165, 1.54) is 16.8 Å². The second-order valence-corrected chi connectivity index (χ2v) is 12.5. The molecular formula is C33H45FN8O2. The van der Waals surface area contributed by atoms with Gasteiger partial charge >= 0.3 is 6.01 Å². The van der Waals surface area contributed by atoms with Crippen molar-refractivity contribution in [3.63, 3.8) is 0 Å². The number of fused-ring (bicyclic) bond motifs is 1. The molecule has 5 rings (SSSR count). The number of nitriles is 1. The number of alkyl halides is 1. The lowest BCUT2D eigenvalue weighted by Gasteiger charge is -2.42. The maximum atomic E-state index is 14.0. The molecule has 2 saturated heterocycles. The molecule has 0 aliphatic carbocycles. The molecule has 0 saturated carbocycles. The van der Waals surface area contributed by atoms with Crippen LogP contribution in [-0.2, 0) is 17.8 Å². The molecule has 0 spiro atoms. The number of rotatable bonds is 9. The molecule has 3 aliphatic rings. The van der Waals surface area contributed by atoms with Crippen molar-refractivity contribution >= 4 is 17.4 Å². The molecule has 10 nitrogen and oxygen atoms in total. The van der Waals surface area contributed by atoms with Gasteiger partial charge in [-0.1, -0.05) is 18.2 Å². The summed E-state index contributed by atoms with van der Waals surface area (Å²) in [5.41, 5.74) is 5.71. The van der Waals surface area contributed by atoms with Crippen molar-refractivity contribution in [2.75, 3.05) is 76.8 Å². The number of benzene rings is 1. The van der Waals surface area contributed by atoms with Crippen molar-refractivity contribution in [3.8, 4) is 12.1 Å². The van der Waals surface area contributed by atoms with Gasteiger partial charge in [-0.15, -0.1) is 0 Å². The third-order valence-corrected chi connectivity index (χ3v) is 9.10. The molecule has 44 heavy (non-hydrogen) atoms. The van der Waals surface area contributed by atoms with Gasteiger partial charge in [0.1, 0.15) is 18.6 Å². The summed E-state index contributed by atoms with van der Waals surface area (Å²) in [6.45, 7) is 8.71. The highest BCUT2D eigenvalue weighted by Gasteiger charge is 2.34. The zero-order chi connectivity index (χ0) is 31.4. The molecule has 0 bridgehead atoms. The number of anilines is 2. The van der Waals surface area contributed by atoms with Gasteiger partial charge in [0, 0.05) is 62.6 Å². The average Bonchev–Trinajstić information content (AvgIpc) is 3.32. The molecule has 1 amide bonds. The first-order valence-electron chi connectivity index (χ1n) is 15.6. The Balaban J connectivity index is 1.42. The van der Waals surface area contributed by atoms with Gasteiger partial charge in [0.15, 0.2) is 0 Å². The molecule has 0 radical (unpaired) electrons.